The molecule has 0 amide bonds. The topological polar surface area (TPSA) is 141 Å². The summed E-state index contributed by atoms with van der Waals surface area (Å²) in [7, 11) is 0. The van der Waals surface area contributed by atoms with E-state index in [0.717, 1.165) is 22.7 Å². The van der Waals surface area contributed by atoms with Crippen LogP contribution in [0.1, 0.15) is 30.0 Å². The van der Waals surface area contributed by atoms with Gasteiger partial charge in [0.2, 0.25) is 0 Å². The lowest BCUT2D eigenvalue weighted by Crippen LogP contribution is -2.37. The van der Waals surface area contributed by atoms with Crippen LogP contribution in [0.25, 0.3) is 16.6 Å². The summed E-state index contributed by atoms with van der Waals surface area (Å²) in [6, 6.07) is 7.53. The number of aryl methyl sites for hydroxylation is 1. The summed E-state index contributed by atoms with van der Waals surface area (Å²) in [6.07, 6.45) is 0. The van der Waals surface area contributed by atoms with Crippen molar-refractivity contribution >= 4 is 39.9 Å². The molecule has 3 heterocycles. The Bertz CT molecular complexity index is 1430. The number of Topliss-reactive ketones (excluding diaryl/α,β-unsaturated/α-hetero) is 1. The number of aromatic nitrogens is 6. The number of nitrogens with one attached hydrogen (secondary N) is 1. The van der Waals surface area contributed by atoms with Gasteiger partial charge in [-0.25, -0.2) is 14.8 Å². The van der Waals surface area contributed by atoms with Crippen LogP contribution in [0, 0.1) is 12.8 Å². The third kappa shape index (κ3) is 3.83. The monoisotopic (exact) mass is 439 g/mol. The van der Waals surface area contributed by atoms with Crippen LogP contribution in [0.15, 0.2) is 39.0 Å². The maximum absolute atomic E-state index is 12.9. The molecule has 0 spiro atoms. The minimum Gasteiger partial charge on any atom is -0.384 e. The number of hydrogen-bond donors (Lipinski definition) is 2. The third-order valence-corrected chi connectivity index (χ3v) is 5.58. The first-order valence-electron chi connectivity index (χ1n) is 9.67. The summed E-state index contributed by atoms with van der Waals surface area (Å²) in [6.45, 7) is 5.88. The lowest BCUT2D eigenvalue weighted by molar-refractivity contribution is 0.102. The molecule has 0 saturated heterocycles. The second-order valence-electron chi connectivity index (χ2n) is 7.54. The molecule has 4 rings (SSSR count). The molecule has 0 aliphatic heterocycles. The van der Waals surface area contributed by atoms with Crippen LogP contribution in [-0.4, -0.2) is 40.7 Å². The zero-order chi connectivity index (χ0) is 22.3. The van der Waals surface area contributed by atoms with E-state index < -0.39 is 17.0 Å². The van der Waals surface area contributed by atoms with Gasteiger partial charge < -0.3 is 5.73 Å². The quantitative estimate of drug-likeness (QED) is 0.262. The van der Waals surface area contributed by atoms with Crippen LogP contribution in [0.4, 0.5) is 5.82 Å². The number of carbonyl (C=O) groups excluding carboxylic acids is 1. The molecular weight excluding hydrogens is 418 g/mol. The van der Waals surface area contributed by atoms with Crippen molar-refractivity contribution in [3.05, 3.63) is 56.5 Å². The van der Waals surface area contributed by atoms with Gasteiger partial charge in [0.1, 0.15) is 17.2 Å². The smallest absolute Gasteiger partial charge is 0.329 e. The Kier molecular flexibility index (Phi) is 5.36. The minimum atomic E-state index is -0.790. The Morgan fingerprint density at radius 3 is 2.71 bits per heavy atom. The van der Waals surface area contributed by atoms with E-state index in [9.17, 15) is 14.4 Å². The highest BCUT2D eigenvalue weighted by Gasteiger charge is 2.21. The van der Waals surface area contributed by atoms with E-state index in [1.165, 1.54) is 4.57 Å². The molecule has 1 aromatic carbocycles. The number of carbonyl (C=O) groups is 1. The van der Waals surface area contributed by atoms with Crippen molar-refractivity contribution in [1.29, 1.82) is 0 Å². The van der Waals surface area contributed by atoms with Crippen molar-refractivity contribution in [2.45, 2.75) is 32.5 Å². The lowest BCUT2D eigenvalue weighted by Gasteiger charge is -2.13. The van der Waals surface area contributed by atoms with Crippen LogP contribution in [0.2, 0.25) is 0 Å². The summed E-state index contributed by atoms with van der Waals surface area (Å²) >= 11 is 1.13. The molecule has 4 aromatic rings. The molecule has 10 nitrogen and oxygen atoms in total. The molecular formula is C20H21N7O3S. The fourth-order valence-corrected chi connectivity index (χ4v) is 4.15. The number of thioether (sulfide) groups is 1. The summed E-state index contributed by atoms with van der Waals surface area (Å²) in [5, 5.41) is 5.69. The van der Waals surface area contributed by atoms with Crippen molar-refractivity contribution in [3.8, 4) is 0 Å². The molecule has 11 heteroatoms. The van der Waals surface area contributed by atoms with Crippen LogP contribution < -0.4 is 17.0 Å². The molecule has 0 saturated carbocycles. The van der Waals surface area contributed by atoms with Gasteiger partial charge in [0.25, 0.3) is 5.56 Å². The van der Waals surface area contributed by atoms with Gasteiger partial charge in [-0.3, -0.25) is 19.1 Å². The second-order valence-corrected chi connectivity index (χ2v) is 8.48. The highest BCUT2D eigenvalue weighted by atomic mass is 32.2. The van der Waals surface area contributed by atoms with E-state index >= 15 is 0 Å². The molecule has 0 fully saturated rings. The van der Waals surface area contributed by atoms with Crippen LogP contribution >= 0.6 is 11.8 Å². The zero-order valence-corrected chi connectivity index (χ0v) is 18.1. The second kappa shape index (κ2) is 7.99. The minimum absolute atomic E-state index is 0.105. The fraction of sp³-hybridized carbons (Fsp3) is 0.300. The summed E-state index contributed by atoms with van der Waals surface area (Å²) in [4.78, 5) is 48.6. The van der Waals surface area contributed by atoms with Gasteiger partial charge in [0.05, 0.1) is 11.3 Å². The first-order chi connectivity index (χ1) is 14.8. The van der Waals surface area contributed by atoms with Crippen molar-refractivity contribution in [3.63, 3.8) is 0 Å². The number of rotatable bonds is 6. The highest BCUT2D eigenvalue weighted by Crippen LogP contribution is 2.24. The molecule has 31 heavy (non-hydrogen) atoms. The Labute approximate surface area is 180 Å². The molecule has 0 aliphatic rings. The van der Waals surface area contributed by atoms with Crippen LogP contribution in [-0.2, 0) is 6.54 Å². The largest absolute Gasteiger partial charge is 0.384 e. The van der Waals surface area contributed by atoms with Gasteiger partial charge >= 0.3 is 5.69 Å². The number of H-pyrrole nitrogens is 1. The summed E-state index contributed by atoms with van der Waals surface area (Å²) in [5.41, 5.74) is 5.76. The molecule has 0 atom stereocenters. The number of hydrogen-bond acceptors (Lipinski definition) is 8. The average molecular weight is 440 g/mol. The SMILES string of the molecule is Cc1nc2c3ccccc3nc(SCC(=O)c3c(N)n(CC(C)C)c(=O)[nH]c3=O)n2n1. The molecule has 160 valence electrons. The number of nitrogens with two attached hydrogens (primary N) is 1. The van der Waals surface area contributed by atoms with E-state index in [2.05, 4.69) is 20.1 Å². The number of aromatic amines is 1. The van der Waals surface area contributed by atoms with Crippen molar-refractivity contribution in [2.75, 3.05) is 11.5 Å². The fourth-order valence-electron chi connectivity index (χ4n) is 3.33. The maximum Gasteiger partial charge on any atom is 0.329 e. The molecule has 0 radical (unpaired) electrons. The van der Waals surface area contributed by atoms with E-state index in [1.807, 2.05) is 38.1 Å². The van der Waals surface area contributed by atoms with Crippen molar-refractivity contribution in [1.82, 2.24) is 29.1 Å². The Morgan fingerprint density at radius 1 is 1.23 bits per heavy atom. The van der Waals surface area contributed by atoms with Gasteiger partial charge in [-0.15, -0.1) is 5.10 Å². The van der Waals surface area contributed by atoms with Gasteiger partial charge in [-0.2, -0.15) is 4.52 Å². The normalized spacial score (nSPS) is 11.6. The number of benzene rings is 1. The molecule has 0 unspecified atom stereocenters. The molecule has 0 aliphatic carbocycles. The molecule has 0 bridgehead atoms. The van der Waals surface area contributed by atoms with Gasteiger partial charge in [0.15, 0.2) is 16.6 Å². The van der Waals surface area contributed by atoms with Gasteiger partial charge in [-0.1, -0.05) is 37.7 Å². The lowest BCUT2D eigenvalue weighted by atomic mass is 10.2. The first kappa shape index (κ1) is 20.8. The number of ketones is 1. The number of nitrogen functional groups attached to an aromatic ring is 1. The molecule has 3 aromatic heterocycles. The van der Waals surface area contributed by atoms with E-state index in [-0.39, 0.29) is 23.1 Å². The van der Waals surface area contributed by atoms with Crippen LogP contribution in [0.3, 0.4) is 0 Å². The number of anilines is 1. The Balaban J connectivity index is 1.70. The van der Waals surface area contributed by atoms with E-state index in [0.29, 0.717) is 23.2 Å². The van der Waals surface area contributed by atoms with E-state index in [4.69, 9.17) is 5.73 Å². The van der Waals surface area contributed by atoms with Crippen LogP contribution in [0.5, 0.6) is 0 Å². The first-order valence-corrected chi connectivity index (χ1v) is 10.7. The molecule has 3 N–H and O–H groups in total. The Hall–Kier alpha value is -3.47. The maximum atomic E-state index is 12.9. The summed E-state index contributed by atoms with van der Waals surface area (Å²) < 4.78 is 2.81. The van der Waals surface area contributed by atoms with Crippen molar-refractivity contribution in [2.24, 2.45) is 5.92 Å². The Morgan fingerprint density at radius 2 is 1.97 bits per heavy atom. The number of nitrogens with zero attached hydrogens (tertiary/aromatic N) is 5. The summed E-state index contributed by atoms with van der Waals surface area (Å²) in [5.74, 6) is -0.0453. The van der Waals surface area contributed by atoms with E-state index in [1.54, 1.807) is 11.4 Å². The van der Waals surface area contributed by atoms with Gasteiger partial charge in [0, 0.05) is 11.9 Å². The highest BCUT2D eigenvalue weighted by molar-refractivity contribution is 7.99. The average Bonchev–Trinajstić information content (AvgIpc) is 3.11. The zero-order valence-electron chi connectivity index (χ0n) is 17.2. The number of fused-ring (bicyclic) bond motifs is 3. The van der Waals surface area contributed by atoms with Gasteiger partial charge in [-0.05, 0) is 25.0 Å². The number of para-hydroxylation sites is 1. The standard InChI is InChI=1S/C20H21N7O3S/c1-10(2)8-26-16(21)15(18(29)24-19(26)30)14(28)9-31-20-23-13-7-5-4-6-12(13)17-22-11(3)25-27(17)20/h4-7,10H,8-9,21H2,1-3H3,(H,24,29,30). The van der Waals surface area contributed by atoms with Crippen molar-refractivity contribution < 1.29 is 4.79 Å². The third-order valence-electron chi connectivity index (χ3n) is 4.65. The predicted octanol–water partition coefficient (Wildman–Crippen LogP) is 1.65. The predicted molar refractivity (Wildman–Crippen MR) is 119 cm³/mol.